The van der Waals surface area contributed by atoms with E-state index >= 15 is 0 Å². The van der Waals surface area contributed by atoms with Gasteiger partial charge in [-0.15, -0.1) is 0 Å². The fourth-order valence-electron chi connectivity index (χ4n) is 4.32. The third-order valence-corrected chi connectivity index (χ3v) is 6.38. The zero-order valence-electron chi connectivity index (χ0n) is 20.0. The highest BCUT2D eigenvalue weighted by Gasteiger charge is 2.29. The van der Waals surface area contributed by atoms with Gasteiger partial charge in [-0.05, 0) is 49.6 Å². The van der Waals surface area contributed by atoms with Gasteiger partial charge in [0.05, 0.1) is 33.5 Å². The molecule has 0 radical (unpaired) electrons. The lowest BCUT2D eigenvalue weighted by Crippen LogP contribution is -2.43. The number of hydrogen-bond acceptors (Lipinski definition) is 6. The van der Waals surface area contributed by atoms with E-state index < -0.39 is 0 Å². The molecule has 34 heavy (non-hydrogen) atoms. The first-order valence-corrected chi connectivity index (χ1v) is 11.7. The van der Waals surface area contributed by atoms with Crippen molar-refractivity contribution in [2.75, 3.05) is 40.5 Å². The van der Waals surface area contributed by atoms with Gasteiger partial charge in [-0.3, -0.25) is 9.59 Å². The Morgan fingerprint density at radius 3 is 2.26 bits per heavy atom. The number of methoxy groups -OCH3 is 2. The summed E-state index contributed by atoms with van der Waals surface area (Å²) in [5.74, 6) is 2.39. The number of rotatable bonds is 6. The summed E-state index contributed by atoms with van der Waals surface area (Å²) >= 11 is 0. The Labute approximate surface area is 200 Å². The molecule has 1 unspecified atom stereocenters. The lowest BCUT2D eigenvalue weighted by atomic mass is 9.94. The summed E-state index contributed by atoms with van der Waals surface area (Å²) in [6.45, 7) is 4.28. The number of nitrogens with one attached hydrogen (secondary N) is 1. The van der Waals surface area contributed by atoms with Crippen molar-refractivity contribution in [3.05, 3.63) is 47.5 Å². The molecular weight excluding hydrogens is 436 g/mol. The fraction of sp³-hybridized carbons (Fsp3) is 0.462. The number of hydrogen-bond donors (Lipinski definition) is 1. The van der Waals surface area contributed by atoms with Crippen LogP contribution in [0.2, 0.25) is 0 Å². The summed E-state index contributed by atoms with van der Waals surface area (Å²) in [5, 5.41) is 3.12. The van der Waals surface area contributed by atoms with Crippen LogP contribution in [0.5, 0.6) is 23.0 Å². The van der Waals surface area contributed by atoms with Crippen molar-refractivity contribution >= 4 is 11.8 Å². The number of benzene rings is 2. The van der Waals surface area contributed by atoms with Crippen LogP contribution < -0.4 is 24.3 Å². The first-order chi connectivity index (χ1) is 16.5. The smallest absolute Gasteiger partial charge is 0.254 e. The topological polar surface area (TPSA) is 86.3 Å². The van der Waals surface area contributed by atoms with E-state index in [9.17, 15) is 9.59 Å². The average Bonchev–Trinajstić information content (AvgIpc) is 3.12. The summed E-state index contributed by atoms with van der Waals surface area (Å²) in [5.41, 5.74) is 1.49. The maximum atomic E-state index is 13.0. The summed E-state index contributed by atoms with van der Waals surface area (Å²) < 4.78 is 22.0. The molecule has 2 aromatic rings. The number of nitrogens with zero attached hydrogens (tertiary/aromatic N) is 1. The van der Waals surface area contributed by atoms with Crippen molar-refractivity contribution in [3.8, 4) is 23.0 Å². The van der Waals surface area contributed by atoms with Gasteiger partial charge in [0.15, 0.2) is 11.5 Å². The van der Waals surface area contributed by atoms with Crippen molar-refractivity contribution in [2.45, 2.75) is 32.2 Å². The lowest BCUT2D eigenvalue weighted by molar-refractivity contribution is -0.127. The predicted molar refractivity (Wildman–Crippen MR) is 127 cm³/mol. The van der Waals surface area contributed by atoms with Crippen molar-refractivity contribution in [2.24, 2.45) is 5.92 Å². The minimum Gasteiger partial charge on any atom is -0.497 e. The second-order valence-electron chi connectivity index (χ2n) is 8.65. The van der Waals surface area contributed by atoms with Gasteiger partial charge in [0.2, 0.25) is 5.91 Å². The Kier molecular flexibility index (Phi) is 7.45. The molecule has 0 saturated carbocycles. The molecule has 2 amide bonds. The van der Waals surface area contributed by atoms with E-state index in [0.29, 0.717) is 56.2 Å². The van der Waals surface area contributed by atoms with Crippen LogP contribution in [0.25, 0.3) is 0 Å². The van der Waals surface area contributed by atoms with Crippen LogP contribution >= 0.6 is 0 Å². The lowest BCUT2D eigenvalue weighted by Gasteiger charge is -2.32. The number of amides is 2. The van der Waals surface area contributed by atoms with Crippen LogP contribution in [0.1, 0.15) is 48.1 Å². The highest BCUT2D eigenvalue weighted by molar-refractivity contribution is 5.95. The van der Waals surface area contributed by atoms with Gasteiger partial charge in [0.25, 0.3) is 5.91 Å². The van der Waals surface area contributed by atoms with Gasteiger partial charge in [-0.1, -0.05) is 6.07 Å². The van der Waals surface area contributed by atoms with Gasteiger partial charge in [0, 0.05) is 37.1 Å². The molecule has 4 rings (SSSR count). The molecule has 2 heterocycles. The number of ether oxygens (including phenoxy) is 4. The average molecular weight is 469 g/mol. The highest BCUT2D eigenvalue weighted by Crippen LogP contribution is 2.32. The van der Waals surface area contributed by atoms with Crippen LogP contribution in [0.3, 0.4) is 0 Å². The fourth-order valence-corrected chi connectivity index (χ4v) is 4.32. The minimum atomic E-state index is -0.159. The Hall–Kier alpha value is -3.42. The van der Waals surface area contributed by atoms with E-state index in [2.05, 4.69) is 5.32 Å². The molecule has 8 nitrogen and oxygen atoms in total. The van der Waals surface area contributed by atoms with Gasteiger partial charge in [-0.2, -0.15) is 0 Å². The van der Waals surface area contributed by atoms with Crippen LogP contribution in [0.4, 0.5) is 0 Å². The van der Waals surface area contributed by atoms with Gasteiger partial charge in [-0.25, -0.2) is 0 Å². The predicted octanol–water partition coefficient (Wildman–Crippen LogP) is 3.59. The quantitative estimate of drug-likeness (QED) is 0.697. The molecule has 1 fully saturated rings. The van der Waals surface area contributed by atoms with Crippen molar-refractivity contribution < 1.29 is 28.5 Å². The maximum absolute atomic E-state index is 13.0. The first kappa shape index (κ1) is 23.7. The Morgan fingerprint density at radius 1 is 0.971 bits per heavy atom. The van der Waals surface area contributed by atoms with Gasteiger partial charge < -0.3 is 29.2 Å². The summed E-state index contributed by atoms with van der Waals surface area (Å²) in [7, 11) is 3.11. The van der Waals surface area contributed by atoms with Crippen molar-refractivity contribution in [1.29, 1.82) is 0 Å². The molecule has 182 valence electrons. The zero-order chi connectivity index (χ0) is 24.1. The molecule has 1 atom stereocenters. The maximum Gasteiger partial charge on any atom is 0.254 e. The Morgan fingerprint density at radius 2 is 1.62 bits per heavy atom. The van der Waals surface area contributed by atoms with Crippen molar-refractivity contribution in [3.63, 3.8) is 0 Å². The van der Waals surface area contributed by atoms with Crippen LogP contribution in [0.15, 0.2) is 36.4 Å². The molecular formula is C26H32N2O6. The second kappa shape index (κ2) is 10.7. The molecule has 1 N–H and O–H groups in total. The number of fused-ring (bicyclic) bond motifs is 1. The molecule has 0 spiro atoms. The third-order valence-electron chi connectivity index (χ3n) is 6.38. The Balaban J connectivity index is 1.33. The molecule has 1 saturated heterocycles. The molecule has 2 aliphatic heterocycles. The molecule has 2 aromatic carbocycles. The third kappa shape index (κ3) is 5.38. The van der Waals surface area contributed by atoms with E-state index in [-0.39, 0.29) is 23.8 Å². The van der Waals surface area contributed by atoms with E-state index in [1.54, 1.807) is 37.3 Å². The first-order valence-electron chi connectivity index (χ1n) is 11.7. The van der Waals surface area contributed by atoms with E-state index in [1.807, 2.05) is 25.1 Å². The summed E-state index contributed by atoms with van der Waals surface area (Å²) in [6, 6.07) is 10.8. The standard InChI is InChI=1S/C26H32N2O6/c1-17(19-5-6-23-24(15-19)34-12-4-11-33-23)27-25(29)18-7-9-28(10-8-18)26(30)20-13-21(31-2)16-22(14-20)32-3/h5-6,13-18H,4,7-12H2,1-3H3,(H,27,29). The molecule has 8 heteroatoms. The molecule has 0 aliphatic carbocycles. The summed E-state index contributed by atoms with van der Waals surface area (Å²) in [6.07, 6.45) is 2.09. The molecule has 2 aliphatic rings. The number of carbonyl (C=O) groups excluding carboxylic acids is 2. The minimum absolute atomic E-state index is 0.00904. The monoisotopic (exact) mass is 468 g/mol. The van der Waals surface area contributed by atoms with Crippen LogP contribution in [0, 0.1) is 5.92 Å². The van der Waals surface area contributed by atoms with E-state index in [1.165, 1.54) is 0 Å². The Bertz CT molecular complexity index is 1010. The van der Waals surface area contributed by atoms with Crippen LogP contribution in [-0.2, 0) is 4.79 Å². The van der Waals surface area contributed by atoms with E-state index in [4.69, 9.17) is 18.9 Å². The highest BCUT2D eigenvalue weighted by atomic mass is 16.5. The van der Waals surface area contributed by atoms with E-state index in [0.717, 1.165) is 23.5 Å². The van der Waals surface area contributed by atoms with Crippen LogP contribution in [-0.4, -0.2) is 57.2 Å². The normalized spacial score (nSPS) is 16.9. The number of carbonyl (C=O) groups is 2. The van der Waals surface area contributed by atoms with Gasteiger partial charge >= 0.3 is 0 Å². The second-order valence-corrected chi connectivity index (χ2v) is 8.65. The summed E-state index contributed by atoms with van der Waals surface area (Å²) in [4.78, 5) is 27.7. The van der Waals surface area contributed by atoms with Crippen molar-refractivity contribution in [1.82, 2.24) is 10.2 Å². The van der Waals surface area contributed by atoms with Gasteiger partial charge in [0.1, 0.15) is 11.5 Å². The number of likely N-dealkylation sites (tertiary alicyclic amines) is 1. The largest absolute Gasteiger partial charge is 0.497 e. The zero-order valence-corrected chi connectivity index (χ0v) is 20.0. The number of piperidine rings is 1. The molecule has 0 bridgehead atoms. The molecule has 0 aromatic heterocycles. The SMILES string of the molecule is COc1cc(OC)cc(C(=O)N2CCC(C(=O)NC(C)c3ccc4c(c3)OCCCO4)CC2)c1.